The van der Waals surface area contributed by atoms with Gasteiger partial charge in [0.25, 0.3) is 17.1 Å². The van der Waals surface area contributed by atoms with Crippen molar-refractivity contribution in [1.29, 1.82) is 0 Å². The number of anilines is 1. The van der Waals surface area contributed by atoms with Crippen LogP contribution in [0.1, 0.15) is 68.3 Å². The third-order valence-corrected chi connectivity index (χ3v) is 6.34. The highest BCUT2D eigenvalue weighted by Gasteiger charge is 2.26. The number of hydrogen-bond donors (Lipinski definition) is 2. The number of fused-ring (bicyclic) bond motifs is 2. The van der Waals surface area contributed by atoms with Gasteiger partial charge in [-0.1, -0.05) is 30.3 Å². The van der Waals surface area contributed by atoms with E-state index in [1.807, 2.05) is 32.9 Å². The second kappa shape index (κ2) is 9.87. The molecule has 1 aliphatic rings. The van der Waals surface area contributed by atoms with E-state index in [1.165, 1.54) is 10.8 Å². The van der Waals surface area contributed by atoms with Gasteiger partial charge in [0.1, 0.15) is 10.9 Å². The summed E-state index contributed by atoms with van der Waals surface area (Å²) in [7, 11) is 0. The van der Waals surface area contributed by atoms with Gasteiger partial charge in [0.2, 0.25) is 11.5 Å². The number of pyridine rings is 2. The normalized spacial score (nSPS) is 14.9. The average molecular weight is 453 g/mol. The van der Waals surface area contributed by atoms with Gasteiger partial charge in [0, 0.05) is 30.8 Å². The standard InChI is InChI=1S/C25H33N5O3/c1-16(2)33-14-8-13-29-21(26)19(24(31)27-18-10-5-4-6-11-18)15-20-23(29)28-22-17(3)9-7-12-30(22)25(20)32/h7,9,12,15-16,18,26H,4-6,8,10-11,13-14H2,1-3H3,(H,27,31)/p+1. The maximum absolute atomic E-state index is 13.4. The highest BCUT2D eigenvalue weighted by atomic mass is 16.5. The van der Waals surface area contributed by atoms with Crippen LogP contribution in [0.4, 0.5) is 5.82 Å². The van der Waals surface area contributed by atoms with Gasteiger partial charge in [0.05, 0.1) is 12.6 Å². The molecule has 0 atom stereocenters. The van der Waals surface area contributed by atoms with Crippen molar-refractivity contribution in [2.75, 3.05) is 12.3 Å². The van der Waals surface area contributed by atoms with Crippen LogP contribution < -0.4 is 21.2 Å². The first-order valence-electron chi connectivity index (χ1n) is 11.9. The zero-order valence-electron chi connectivity index (χ0n) is 19.8. The van der Waals surface area contributed by atoms with E-state index in [9.17, 15) is 9.59 Å². The van der Waals surface area contributed by atoms with Crippen LogP contribution in [-0.2, 0) is 11.3 Å². The number of nitrogens with two attached hydrogens (primary N) is 1. The van der Waals surface area contributed by atoms with Crippen molar-refractivity contribution in [3.63, 3.8) is 0 Å². The van der Waals surface area contributed by atoms with E-state index in [1.54, 1.807) is 16.8 Å². The second-order valence-electron chi connectivity index (χ2n) is 9.22. The lowest BCUT2D eigenvalue weighted by Crippen LogP contribution is -2.44. The molecule has 1 fully saturated rings. The second-order valence-corrected chi connectivity index (χ2v) is 9.22. The van der Waals surface area contributed by atoms with E-state index in [-0.39, 0.29) is 23.6 Å². The Hall–Kier alpha value is -3.00. The summed E-state index contributed by atoms with van der Waals surface area (Å²) in [4.78, 5) is 31.4. The highest BCUT2D eigenvalue weighted by Crippen LogP contribution is 2.20. The van der Waals surface area contributed by atoms with Crippen molar-refractivity contribution in [2.45, 2.75) is 78.0 Å². The fraction of sp³-hybridized carbons (Fsp3) is 0.520. The van der Waals surface area contributed by atoms with Crippen LogP contribution in [0.25, 0.3) is 16.7 Å². The molecule has 1 amide bonds. The van der Waals surface area contributed by atoms with E-state index in [0.29, 0.717) is 47.6 Å². The summed E-state index contributed by atoms with van der Waals surface area (Å²) in [6.45, 7) is 6.95. The quantitative estimate of drug-likeness (QED) is 0.326. The number of nitrogens with one attached hydrogen (secondary N) is 1. The number of aromatic nitrogens is 3. The fourth-order valence-corrected chi connectivity index (χ4v) is 4.57. The summed E-state index contributed by atoms with van der Waals surface area (Å²) in [5, 5.41) is 3.51. The molecule has 3 heterocycles. The Balaban J connectivity index is 1.81. The zero-order valence-corrected chi connectivity index (χ0v) is 19.8. The number of nitrogens with zero attached hydrogens (tertiary/aromatic N) is 3. The van der Waals surface area contributed by atoms with Gasteiger partial charge < -0.3 is 15.8 Å². The summed E-state index contributed by atoms with van der Waals surface area (Å²) in [5.74, 6) is 0.0902. The summed E-state index contributed by atoms with van der Waals surface area (Å²) in [6.07, 6.45) is 7.90. The van der Waals surface area contributed by atoms with Crippen molar-refractivity contribution >= 4 is 28.4 Å². The van der Waals surface area contributed by atoms with Crippen molar-refractivity contribution in [2.24, 2.45) is 0 Å². The Kier molecular flexibility index (Phi) is 6.93. The number of hydrogen-bond acceptors (Lipinski definition) is 5. The highest BCUT2D eigenvalue weighted by molar-refractivity contribution is 6.00. The lowest BCUT2D eigenvalue weighted by molar-refractivity contribution is -0.659. The molecule has 1 saturated carbocycles. The Morgan fingerprint density at radius 3 is 2.82 bits per heavy atom. The number of carbonyl (C=O) groups excluding carboxylic acids is 1. The molecular formula is C25H34N5O3+. The maximum Gasteiger partial charge on any atom is 0.278 e. The zero-order chi connectivity index (χ0) is 23.5. The fourth-order valence-electron chi connectivity index (χ4n) is 4.57. The molecule has 176 valence electrons. The minimum absolute atomic E-state index is 0.131. The third kappa shape index (κ3) is 4.85. The molecule has 3 aromatic heterocycles. The van der Waals surface area contributed by atoms with E-state index in [0.717, 1.165) is 31.2 Å². The summed E-state index contributed by atoms with van der Waals surface area (Å²) >= 11 is 0. The smallest absolute Gasteiger partial charge is 0.278 e. The predicted molar refractivity (Wildman–Crippen MR) is 128 cm³/mol. The molecule has 0 unspecified atom stereocenters. The first-order valence-corrected chi connectivity index (χ1v) is 11.9. The molecule has 3 aromatic rings. The van der Waals surface area contributed by atoms with E-state index >= 15 is 0 Å². The first kappa shape index (κ1) is 23.2. The summed E-state index contributed by atoms with van der Waals surface area (Å²) in [6, 6.07) is 5.49. The van der Waals surface area contributed by atoms with Gasteiger partial charge in [-0.2, -0.15) is 0 Å². The van der Waals surface area contributed by atoms with Crippen molar-refractivity contribution in [3.05, 3.63) is 45.9 Å². The van der Waals surface area contributed by atoms with Crippen LogP contribution in [0, 0.1) is 6.92 Å². The van der Waals surface area contributed by atoms with Crippen molar-refractivity contribution < 1.29 is 14.1 Å². The minimum atomic E-state index is -0.234. The molecule has 8 nitrogen and oxygen atoms in total. The molecular weight excluding hydrogens is 418 g/mol. The molecule has 0 aliphatic heterocycles. The third-order valence-electron chi connectivity index (χ3n) is 6.34. The monoisotopic (exact) mass is 452 g/mol. The Morgan fingerprint density at radius 1 is 1.33 bits per heavy atom. The predicted octanol–water partition coefficient (Wildman–Crippen LogP) is 2.90. The van der Waals surface area contributed by atoms with Crippen molar-refractivity contribution in [1.82, 2.24) is 14.7 Å². The van der Waals surface area contributed by atoms with Gasteiger partial charge in [-0.25, -0.2) is 4.57 Å². The largest absolute Gasteiger partial charge is 0.379 e. The van der Waals surface area contributed by atoms with Crippen LogP contribution in [0.5, 0.6) is 0 Å². The number of nitrogen functional groups attached to an aromatic ring is 1. The van der Waals surface area contributed by atoms with Crippen LogP contribution >= 0.6 is 0 Å². The molecule has 8 heteroatoms. The van der Waals surface area contributed by atoms with Crippen LogP contribution in [-0.4, -0.2) is 34.0 Å². The van der Waals surface area contributed by atoms with Gasteiger partial charge in [0.15, 0.2) is 0 Å². The lowest BCUT2D eigenvalue weighted by atomic mass is 9.95. The maximum atomic E-state index is 13.4. The minimum Gasteiger partial charge on any atom is -0.379 e. The van der Waals surface area contributed by atoms with Gasteiger partial charge in [-0.05, 0) is 45.7 Å². The molecule has 33 heavy (non-hydrogen) atoms. The molecule has 1 aliphatic carbocycles. The lowest BCUT2D eigenvalue weighted by Gasteiger charge is -2.23. The number of aryl methyl sites for hydroxylation is 2. The van der Waals surface area contributed by atoms with Crippen LogP contribution in [0.3, 0.4) is 0 Å². The molecule has 0 bridgehead atoms. The average Bonchev–Trinajstić information content (AvgIpc) is 2.79. The topological polar surface area (TPSA) is 103 Å². The molecule has 0 spiro atoms. The first-order chi connectivity index (χ1) is 15.9. The summed E-state index contributed by atoms with van der Waals surface area (Å²) < 4.78 is 9.01. The number of carbonyl (C=O) groups is 1. The van der Waals surface area contributed by atoms with E-state index in [4.69, 9.17) is 15.5 Å². The Bertz CT molecular complexity index is 1230. The number of amides is 1. The number of rotatable bonds is 7. The van der Waals surface area contributed by atoms with Crippen LogP contribution in [0.15, 0.2) is 29.2 Å². The SMILES string of the molecule is Cc1cccn2c(=O)c3cc(C(=O)NC4CCCCC4)c(N)[n+](CCCOC(C)C)c3nc12. The molecule has 0 radical (unpaired) electrons. The molecule has 3 N–H and O–H groups in total. The Morgan fingerprint density at radius 2 is 2.09 bits per heavy atom. The van der Waals surface area contributed by atoms with Crippen LogP contribution in [0.2, 0.25) is 0 Å². The van der Waals surface area contributed by atoms with Gasteiger partial charge >= 0.3 is 0 Å². The molecule has 0 aromatic carbocycles. The molecule has 0 saturated heterocycles. The molecule has 4 rings (SSSR count). The van der Waals surface area contributed by atoms with E-state index < -0.39 is 0 Å². The van der Waals surface area contributed by atoms with Gasteiger partial charge in [-0.15, -0.1) is 0 Å². The Labute approximate surface area is 193 Å². The number of ether oxygens (including phenoxy) is 1. The van der Waals surface area contributed by atoms with Gasteiger partial charge in [-0.3, -0.25) is 14.0 Å². The van der Waals surface area contributed by atoms with Crippen molar-refractivity contribution in [3.8, 4) is 0 Å². The van der Waals surface area contributed by atoms with E-state index in [2.05, 4.69) is 5.32 Å². The summed E-state index contributed by atoms with van der Waals surface area (Å²) in [5.41, 5.74) is 8.62.